The van der Waals surface area contributed by atoms with Gasteiger partial charge in [0.05, 0.1) is 0 Å². The molecule has 1 saturated heterocycles. The summed E-state index contributed by atoms with van der Waals surface area (Å²) in [5.41, 5.74) is 10.4. The van der Waals surface area contributed by atoms with E-state index in [-0.39, 0.29) is 0 Å². The summed E-state index contributed by atoms with van der Waals surface area (Å²) in [7, 11) is 0. The quantitative estimate of drug-likeness (QED) is 0.218. The Morgan fingerprint density at radius 1 is 0.825 bits per heavy atom. The van der Waals surface area contributed by atoms with E-state index in [0.717, 1.165) is 48.9 Å². The molecule has 0 saturated carbocycles. The van der Waals surface area contributed by atoms with Crippen molar-refractivity contribution < 1.29 is 33.3 Å². The second-order valence-electron chi connectivity index (χ2n) is 10.2. The van der Waals surface area contributed by atoms with E-state index in [1.807, 2.05) is 24.5 Å². The maximum atomic E-state index is 12.2. The molecule has 1 aliphatic heterocycles. The molecular weight excluding hydrogens is 530 g/mol. The predicted octanol–water partition coefficient (Wildman–Crippen LogP) is 4.81. The molecule has 0 radical (unpaired) electrons. The van der Waals surface area contributed by atoms with Gasteiger partial charge in [-0.05, 0) is 73.2 Å². The number of ether oxygens (including phenoxy) is 4. The first-order valence-electron chi connectivity index (χ1n) is 13.7. The van der Waals surface area contributed by atoms with E-state index in [1.54, 1.807) is 0 Å². The average molecular weight is 572 g/mol. The number of rotatable bonds is 12. The fraction of sp³-hybridized carbons (Fsp3) is 0.516. The normalized spacial score (nSPS) is 22.4. The summed E-state index contributed by atoms with van der Waals surface area (Å²) in [5, 5.41) is 0. The Hall–Kier alpha value is -2.88. The van der Waals surface area contributed by atoms with Crippen LogP contribution in [-0.4, -0.2) is 54.5 Å². The van der Waals surface area contributed by atoms with Crippen LogP contribution < -0.4 is 5.73 Å². The van der Waals surface area contributed by atoms with Crippen LogP contribution in [0, 0.1) is 6.92 Å². The van der Waals surface area contributed by atoms with Crippen molar-refractivity contribution >= 4 is 29.7 Å². The third-order valence-electron chi connectivity index (χ3n) is 6.92. The van der Waals surface area contributed by atoms with Crippen molar-refractivity contribution in [1.82, 2.24) is 0 Å². The number of unbranched alkanes of at least 4 members (excludes halogenated alkanes) is 2. The Kier molecular flexibility index (Phi) is 12.0. The SMILES string of the molecule is CSC1OC(c2ccc(C)c(Cc3ccc(CCCCCN)cc3)c2)C(OC(C)=O)C(OC(C)=O)C1OC(C)=O. The topological polar surface area (TPSA) is 114 Å². The second-order valence-corrected chi connectivity index (χ2v) is 11.1. The highest BCUT2D eigenvalue weighted by molar-refractivity contribution is 7.99. The lowest BCUT2D eigenvalue weighted by Crippen LogP contribution is -2.57. The van der Waals surface area contributed by atoms with Gasteiger partial charge < -0.3 is 24.7 Å². The number of hydrogen-bond donors (Lipinski definition) is 1. The number of benzene rings is 2. The van der Waals surface area contributed by atoms with E-state index in [4.69, 9.17) is 24.7 Å². The summed E-state index contributed by atoms with van der Waals surface area (Å²) in [5.74, 6) is -1.69. The van der Waals surface area contributed by atoms with Gasteiger partial charge in [-0.3, -0.25) is 14.4 Å². The number of nitrogens with two attached hydrogens (primary N) is 1. The number of thioether (sulfide) groups is 1. The Balaban J connectivity index is 1.90. The molecule has 8 nitrogen and oxygen atoms in total. The van der Waals surface area contributed by atoms with Crippen molar-refractivity contribution in [2.45, 2.75) is 89.7 Å². The molecule has 1 fully saturated rings. The minimum absolute atomic E-state index is 0.552. The lowest BCUT2D eigenvalue weighted by Gasteiger charge is -2.44. The highest BCUT2D eigenvalue weighted by atomic mass is 32.2. The van der Waals surface area contributed by atoms with Crippen LogP contribution in [0.4, 0.5) is 0 Å². The van der Waals surface area contributed by atoms with Gasteiger partial charge in [0.15, 0.2) is 18.3 Å². The number of carbonyl (C=O) groups is 3. The van der Waals surface area contributed by atoms with E-state index < -0.39 is 47.8 Å². The highest BCUT2D eigenvalue weighted by Crippen LogP contribution is 2.40. The van der Waals surface area contributed by atoms with Crippen LogP contribution in [-0.2, 0) is 46.2 Å². The van der Waals surface area contributed by atoms with E-state index in [1.165, 1.54) is 43.7 Å². The van der Waals surface area contributed by atoms with Gasteiger partial charge in [0, 0.05) is 20.8 Å². The zero-order chi connectivity index (χ0) is 29.2. The van der Waals surface area contributed by atoms with Crippen LogP contribution in [0.1, 0.15) is 74.0 Å². The summed E-state index contributed by atoms with van der Waals surface area (Å²) in [4.78, 5) is 36.1. The van der Waals surface area contributed by atoms with E-state index in [2.05, 4.69) is 31.2 Å². The molecule has 0 bridgehead atoms. The molecule has 1 heterocycles. The first-order valence-corrected chi connectivity index (χ1v) is 15.0. The van der Waals surface area contributed by atoms with Crippen LogP contribution in [0.5, 0.6) is 0 Å². The van der Waals surface area contributed by atoms with Crippen molar-refractivity contribution in [1.29, 1.82) is 0 Å². The summed E-state index contributed by atoms with van der Waals surface area (Å²) in [6, 6.07) is 14.7. The van der Waals surface area contributed by atoms with Crippen LogP contribution in [0.25, 0.3) is 0 Å². The minimum atomic E-state index is -1.04. The summed E-state index contributed by atoms with van der Waals surface area (Å²) in [6.07, 6.45) is 3.16. The monoisotopic (exact) mass is 571 g/mol. The number of aryl methyl sites for hydroxylation is 2. The molecule has 9 heteroatoms. The maximum absolute atomic E-state index is 12.2. The Morgan fingerprint density at radius 2 is 1.43 bits per heavy atom. The minimum Gasteiger partial charge on any atom is -0.455 e. The molecule has 3 rings (SSSR count). The molecule has 2 N–H and O–H groups in total. The molecule has 2 aromatic carbocycles. The zero-order valence-electron chi connectivity index (χ0n) is 24.0. The van der Waals surface area contributed by atoms with Gasteiger partial charge in [-0.2, -0.15) is 0 Å². The Morgan fingerprint density at radius 3 is 2.02 bits per heavy atom. The first-order chi connectivity index (χ1) is 19.1. The van der Waals surface area contributed by atoms with Crippen LogP contribution >= 0.6 is 11.8 Å². The van der Waals surface area contributed by atoms with Gasteiger partial charge in [-0.15, -0.1) is 11.8 Å². The van der Waals surface area contributed by atoms with Gasteiger partial charge in [0.25, 0.3) is 0 Å². The largest absolute Gasteiger partial charge is 0.455 e. The maximum Gasteiger partial charge on any atom is 0.303 e. The lowest BCUT2D eigenvalue weighted by molar-refractivity contribution is -0.233. The zero-order valence-corrected chi connectivity index (χ0v) is 24.8. The molecule has 0 aliphatic carbocycles. The van der Waals surface area contributed by atoms with Gasteiger partial charge >= 0.3 is 17.9 Å². The van der Waals surface area contributed by atoms with Crippen LogP contribution in [0.2, 0.25) is 0 Å². The van der Waals surface area contributed by atoms with Gasteiger partial charge in [0.2, 0.25) is 0 Å². The molecule has 2 aromatic rings. The van der Waals surface area contributed by atoms with Crippen molar-refractivity contribution in [3.63, 3.8) is 0 Å². The van der Waals surface area contributed by atoms with Crippen molar-refractivity contribution in [2.75, 3.05) is 12.8 Å². The predicted molar refractivity (Wildman–Crippen MR) is 155 cm³/mol. The highest BCUT2D eigenvalue weighted by Gasteiger charge is 2.52. The summed E-state index contributed by atoms with van der Waals surface area (Å²) < 4.78 is 23.2. The molecule has 5 unspecified atom stereocenters. The molecule has 1 aliphatic rings. The lowest BCUT2D eigenvalue weighted by atomic mass is 9.90. The molecule has 0 amide bonds. The number of hydrogen-bond acceptors (Lipinski definition) is 9. The molecular formula is C31H41NO7S. The second kappa shape index (κ2) is 15.2. The Labute approximate surface area is 241 Å². The van der Waals surface area contributed by atoms with Crippen LogP contribution in [0.15, 0.2) is 42.5 Å². The summed E-state index contributed by atoms with van der Waals surface area (Å²) >= 11 is 1.33. The van der Waals surface area contributed by atoms with Crippen molar-refractivity contribution in [3.8, 4) is 0 Å². The third-order valence-corrected chi connectivity index (χ3v) is 7.77. The van der Waals surface area contributed by atoms with Crippen molar-refractivity contribution in [2.24, 2.45) is 5.73 Å². The fourth-order valence-corrected chi connectivity index (χ4v) is 5.69. The first kappa shape index (κ1) is 31.6. The molecule has 0 spiro atoms. The van der Waals surface area contributed by atoms with Gasteiger partial charge in [-0.25, -0.2) is 0 Å². The molecule has 0 aromatic heterocycles. The van der Waals surface area contributed by atoms with E-state index in [0.29, 0.717) is 6.42 Å². The van der Waals surface area contributed by atoms with E-state index >= 15 is 0 Å². The standard InChI is InChI=1S/C31H41NO7S/c1-19-10-15-25(18-26(19)17-24-13-11-23(12-14-24)9-7-6-8-16-32)27-28(36-20(2)33)29(37-21(3)34)30(38-22(4)35)31(39-27)40-5/h10-15,18,27-31H,6-9,16-17,32H2,1-5H3. The molecule has 218 valence electrons. The van der Waals surface area contributed by atoms with Crippen LogP contribution in [0.3, 0.4) is 0 Å². The summed E-state index contributed by atoms with van der Waals surface area (Å²) in [6.45, 7) is 6.62. The van der Waals surface area contributed by atoms with Gasteiger partial charge in [-0.1, -0.05) is 48.9 Å². The molecule has 40 heavy (non-hydrogen) atoms. The number of carbonyl (C=O) groups excluding carboxylic acids is 3. The smallest absolute Gasteiger partial charge is 0.303 e. The van der Waals surface area contributed by atoms with E-state index in [9.17, 15) is 14.4 Å². The van der Waals surface area contributed by atoms with Crippen molar-refractivity contribution in [3.05, 3.63) is 70.3 Å². The fourth-order valence-electron chi connectivity index (χ4n) is 4.98. The molecule has 5 atom stereocenters. The number of esters is 3. The average Bonchev–Trinajstić information content (AvgIpc) is 2.90. The third kappa shape index (κ3) is 8.81. The van der Waals surface area contributed by atoms with Gasteiger partial charge in [0.1, 0.15) is 11.5 Å². The Bertz CT molecular complexity index is 1150.